The van der Waals surface area contributed by atoms with E-state index in [-0.39, 0.29) is 11.9 Å². The van der Waals surface area contributed by atoms with Crippen molar-refractivity contribution in [2.75, 3.05) is 19.7 Å². The smallest absolute Gasteiger partial charge is 0.222 e. The van der Waals surface area contributed by atoms with Crippen molar-refractivity contribution in [3.8, 4) is 5.75 Å². The monoisotopic (exact) mass is 368 g/mol. The molecule has 2 rings (SSSR count). The highest BCUT2D eigenvalue weighted by molar-refractivity contribution is 9.10. The molecule has 122 valence electrons. The van der Waals surface area contributed by atoms with Gasteiger partial charge in [0.1, 0.15) is 5.75 Å². The summed E-state index contributed by atoms with van der Waals surface area (Å²) in [4.78, 5) is 14.2. The van der Waals surface area contributed by atoms with Crippen LogP contribution in [0.25, 0.3) is 0 Å². The van der Waals surface area contributed by atoms with Crippen LogP contribution in [-0.4, -0.2) is 36.5 Å². The van der Waals surface area contributed by atoms with Crippen LogP contribution in [0.1, 0.15) is 32.6 Å². The molecule has 2 N–H and O–H groups in total. The van der Waals surface area contributed by atoms with Crippen LogP contribution in [-0.2, 0) is 4.79 Å². The van der Waals surface area contributed by atoms with Gasteiger partial charge in [-0.1, -0.05) is 12.1 Å². The number of halogens is 1. The Balaban J connectivity index is 1.70. The summed E-state index contributed by atoms with van der Waals surface area (Å²) in [5.41, 5.74) is 5.97. The summed E-state index contributed by atoms with van der Waals surface area (Å²) in [7, 11) is 0. The van der Waals surface area contributed by atoms with E-state index in [2.05, 4.69) is 15.9 Å². The van der Waals surface area contributed by atoms with Crippen molar-refractivity contribution >= 4 is 21.8 Å². The van der Waals surface area contributed by atoms with Crippen molar-refractivity contribution in [2.45, 2.75) is 38.6 Å². The molecule has 1 aromatic carbocycles. The number of carbonyl (C=O) groups excluding carboxylic acids is 1. The summed E-state index contributed by atoms with van der Waals surface area (Å²) in [6.45, 7) is 4.26. The summed E-state index contributed by atoms with van der Waals surface area (Å²) < 4.78 is 6.64. The van der Waals surface area contributed by atoms with Crippen LogP contribution >= 0.6 is 15.9 Å². The maximum absolute atomic E-state index is 12.3. The van der Waals surface area contributed by atoms with Gasteiger partial charge >= 0.3 is 0 Å². The first-order valence-electron chi connectivity index (χ1n) is 7.98. The molecule has 1 saturated heterocycles. The summed E-state index contributed by atoms with van der Waals surface area (Å²) in [5.74, 6) is 1.49. The number of nitrogens with zero attached hydrogens (tertiary/aromatic N) is 1. The standard InChI is InChI=1S/C17H25BrN2O2/c1-13(19)14-6-4-10-20(12-14)17(21)9-5-11-22-16-8-3-2-7-15(16)18/h2-3,7-8,13-14H,4-6,9-12,19H2,1H3/t13-,14+/m0/s1. The van der Waals surface area contributed by atoms with Gasteiger partial charge in [-0.25, -0.2) is 0 Å². The Morgan fingerprint density at radius 1 is 1.50 bits per heavy atom. The number of benzene rings is 1. The zero-order valence-electron chi connectivity index (χ0n) is 13.1. The van der Waals surface area contributed by atoms with Crippen LogP contribution in [0.15, 0.2) is 28.7 Å². The third-order valence-corrected chi connectivity index (χ3v) is 4.84. The van der Waals surface area contributed by atoms with E-state index in [1.165, 1.54) is 0 Å². The van der Waals surface area contributed by atoms with Gasteiger partial charge in [0.15, 0.2) is 0 Å². The van der Waals surface area contributed by atoms with Crippen molar-refractivity contribution in [3.63, 3.8) is 0 Å². The van der Waals surface area contributed by atoms with Gasteiger partial charge in [0, 0.05) is 25.6 Å². The Hall–Kier alpha value is -1.07. The van der Waals surface area contributed by atoms with Gasteiger partial charge in [-0.05, 0) is 60.2 Å². The lowest BCUT2D eigenvalue weighted by Gasteiger charge is -2.34. The molecule has 1 aliphatic heterocycles. The molecular formula is C17H25BrN2O2. The zero-order chi connectivity index (χ0) is 15.9. The SMILES string of the molecule is C[C@H](N)[C@@H]1CCCN(C(=O)CCCOc2ccccc2Br)C1. The average molecular weight is 369 g/mol. The Labute approximate surface area is 141 Å². The van der Waals surface area contributed by atoms with Gasteiger partial charge in [0.25, 0.3) is 0 Å². The molecule has 1 heterocycles. The van der Waals surface area contributed by atoms with Crippen LogP contribution in [0, 0.1) is 5.92 Å². The van der Waals surface area contributed by atoms with Crippen molar-refractivity contribution in [1.82, 2.24) is 4.90 Å². The summed E-state index contributed by atoms with van der Waals surface area (Å²) in [6, 6.07) is 7.92. The first-order chi connectivity index (χ1) is 10.6. The van der Waals surface area contributed by atoms with Crippen molar-refractivity contribution in [1.29, 1.82) is 0 Å². The topological polar surface area (TPSA) is 55.6 Å². The number of para-hydroxylation sites is 1. The van der Waals surface area contributed by atoms with E-state index in [9.17, 15) is 4.79 Å². The number of rotatable bonds is 6. The summed E-state index contributed by atoms with van der Waals surface area (Å²) in [5, 5.41) is 0. The van der Waals surface area contributed by atoms with Gasteiger partial charge in [0.05, 0.1) is 11.1 Å². The predicted octanol–water partition coefficient (Wildman–Crippen LogP) is 3.19. The van der Waals surface area contributed by atoms with Gasteiger partial charge in [-0.15, -0.1) is 0 Å². The molecular weight excluding hydrogens is 344 g/mol. The fourth-order valence-electron chi connectivity index (χ4n) is 2.79. The fourth-order valence-corrected chi connectivity index (χ4v) is 3.19. The van der Waals surface area contributed by atoms with Crippen LogP contribution < -0.4 is 10.5 Å². The normalized spacial score (nSPS) is 19.8. The molecule has 1 fully saturated rings. The third kappa shape index (κ3) is 4.99. The Morgan fingerprint density at radius 2 is 2.27 bits per heavy atom. The van der Waals surface area contributed by atoms with Crippen LogP contribution in [0.2, 0.25) is 0 Å². The van der Waals surface area contributed by atoms with E-state index in [0.717, 1.165) is 42.6 Å². The predicted molar refractivity (Wildman–Crippen MR) is 91.8 cm³/mol. The third-order valence-electron chi connectivity index (χ3n) is 4.18. The number of amides is 1. The molecule has 4 nitrogen and oxygen atoms in total. The minimum Gasteiger partial charge on any atom is -0.492 e. The number of nitrogens with two attached hydrogens (primary N) is 1. The van der Waals surface area contributed by atoms with Crippen LogP contribution in [0.5, 0.6) is 5.75 Å². The number of hydrogen-bond acceptors (Lipinski definition) is 3. The molecule has 22 heavy (non-hydrogen) atoms. The second kappa shape index (κ2) is 8.53. The molecule has 0 aromatic heterocycles. The van der Waals surface area contributed by atoms with Gasteiger partial charge < -0.3 is 15.4 Å². The highest BCUT2D eigenvalue weighted by Gasteiger charge is 2.25. The molecule has 1 aliphatic rings. The molecule has 1 aromatic rings. The first-order valence-corrected chi connectivity index (χ1v) is 8.78. The number of ether oxygens (including phenoxy) is 1. The van der Waals surface area contributed by atoms with E-state index >= 15 is 0 Å². The minimum absolute atomic E-state index is 0.161. The largest absolute Gasteiger partial charge is 0.492 e. The average Bonchev–Trinajstić information content (AvgIpc) is 2.53. The minimum atomic E-state index is 0.161. The molecule has 5 heteroatoms. The summed E-state index contributed by atoms with van der Waals surface area (Å²) >= 11 is 3.45. The number of hydrogen-bond donors (Lipinski definition) is 1. The first kappa shape index (κ1) is 17.3. The van der Waals surface area contributed by atoms with E-state index in [4.69, 9.17) is 10.5 Å². The molecule has 2 atom stereocenters. The van der Waals surface area contributed by atoms with Gasteiger partial charge in [-0.2, -0.15) is 0 Å². The van der Waals surface area contributed by atoms with Crippen LogP contribution in [0.3, 0.4) is 0 Å². The number of likely N-dealkylation sites (tertiary alicyclic amines) is 1. The highest BCUT2D eigenvalue weighted by Crippen LogP contribution is 2.24. The van der Waals surface area contributed by atoms with Gasteiger partial charge in [-0.3, -0.25) is 4.79 Å². The maximum Gasteiger partial charge on any atom is 0.222 e. The zero-order valence-corrected chi connectivity index (χ0v) is 14.7. The lowest BCUT2D eigenvalue weighted by molar-refractivity contribution is -0.133. The van der Waals surface area contributed by atoms with E-state index in [1.54, 1.807) is 0 Å². The van der Waals surface area contributed by atoms with Crippen molar-refractivity contribution in [2.24, 2.45) is 11.7 Å². The summed E-state index contributed by atoms with van der Waals surface area (Å²) in [6.07, 6.45) is 3.47. The second-order valence-corrected chi connectivity index (χ2v) is 6.84. The molecule has 0 aliphatic carbocycles. The van der Waals surface area contributed by atoms with Gasteiger partial charge in [0.2, 0.25) is 5.91 Å². The second-order valence-electron chi connectivity index (χ2n) is 5.98. The molecule has 0 spiro atoms. The van der Waals surface area contributed by atoms with E-state index in [1.807, 2.05) is 36.1 Å². The number of carbonyl (C=O) groups is 1. The maximum atomic E-state index is 12.3. The van der Waals surface area contributed by atoms with E-state index < -0.39 is 0 Å². The Morgan fingerprint density at radius 3 is 3.00 bits per heavy atom. The molecule has 0 radical (unpaired) electrons. The van der Waals surface area contributed by atoms with Crippen LogP contribution in [0.4, 0.5) is 0 Å². The number of piperidine rings is 1. The van der Waals surface area contributed by atoms with E-state index in [0.29, 0.717) is 18.9 Å². The Kier molecular flexibility index (Phi) is 6.70. The van der Waals surface area contributed by atoms with Crippen molar-refractivity contribution < 1.29 is 9.53 Å². The molecule has 0 bridgehead atoms. The molecule has 1 amide bonds. The lowest BCUT2D eigenvalue weighted by Crippen LogP contribution is -2.45. The quantitative estimate of drug-likeness (QED) is 0.784. The molecule has 0 saturated carbocycles. The van der Waals surface area contributed by atoms with Crippen molar-refractivity contribution in [3.05, 3.63) is 28.7 Å². The fraction of sp³-hybridized carbons (Fsp3) is 0.588. The lowest BCUT2D eigenvalue weighted by atomic mass is 9.92. The highest BCUT2D eigenvalue weighted by atomic mass is 79.9. The Bertz CT molecular complexity index is 493. The molecule has 0 unspecified atom stereocenters.